The zero-order valence-electron chi connectivity index (χ0n) is 10.4. The van der Waals surface area contributed by atoms with Gasteiger partial charge in [0.05, 0.1) is 6.10 Å². The molecule has 0 amide bonds. The van der Waals surface area contributed by atoms with E-state index in [2.05, 4.69) is 30.9 Å². The normalized spacial score (nSPS) is 17.4. The average molecular weight is 219 g/mol. The van der Waals surface area contributed by atoms with Crippen LogP contribution in [0.2, 0.25) is 0 Å². The van der Waals surface area contributed by atoms with Crippen LogP contribution in [0, 0.1) is 0 Å². The number of anilines is 1. The largest absolute Gasteiger partial charge is 0.389 e. The van der Waals surface area contributed by atoms with Crippen molar-refractivity contribution >= 4 is 5.69 Å². The number of aliphatic hydroxyl groups is 1. The van der Waals surface area contributed by atoms with Gasteiger partial charge in [0.2, 0.25) is 0 Å². The Morgan fingerprint density at radius 1 is 1.25 bits per heavy atom. The molecule has 1 aliphatic rings. The summed E-state index contributed by atoms with van der Waals surface area (Å²) in [5.74, 6) is 0. The topological polar surface area (TPSA) is 23.5 Å². The lowest BCUT2D eigenvalue weighted by molar-refractivity contribution is 0.199. The zero-order chi connectivity index (χ0) is 11.7. The molecule has 1 unspecified atom stereocenters. The number of hydrogen-bond acceptors (Lipinski definition) is 2. The number of nitrogens with zero attached hydrogens (tertiary/aromatic N) is 1. The second kappa shape index (κ2) is 4.46. The van der Waals surface area contributed by atoms with Crippen molar-refractivity contribution in [2.75, 3.05) is 11.4 Å². The molecule has 0 spiro atoms. The van der Waals surface area contributed by atoms with Gasteiger partial charge in [0.1, 0.15) is 0 Å². The van der Waals surface area contributed by atoms with Crippen molar-refractivity contribution in [2.45, 2.75) is 45.8 Å². The van der Waals surface area contributed by atoms with Gasteiger partial charge in [-0.15, -0.1) is 0 Å². The molecule has 1 aromatic rings. The minimum Gasteiger partial charge on any atom is -0.389 e. The molecular weight excluding hydrogens is 198 g/mol. The van der Waals surface area contributed by atoms with Gasteiger partial charge in [0.15, 0.2) is 0 Å². The number of rotatable bonds is 2. The van der Waals surface area contributed by atoms with E-state index in [-0.39, 0.29) is 6.10 Å². The first-order valence-corrected chi connectivity index (χ1v) is 6.17. The Morgan fingerprint density at radius 3 is 2.62 bits per heavy atom. The maximum atomic E-state index is 9.63. The zero-order valence-corrected chi connectivity index (χ0v) is 10.4. The Bertz CT molecular complexity index is 371. The number of fused-ring (bicyclic) bond motifs is 1. The van der Waals surface area contributed by atoms with Crippen LogP contribution in [0.15, 0.2) is 18.2 Å². The Kier molecular flexibility index (Phi) is 3.20. The highest BCUT2D eigenvalue weighted by atomic mass is 16.3. The quantitative estimate of drug-likeness (QED) is 0.826. The molecule has 16 heavy (non-hydrogen) atoms. The van der Waals surface area contributed by atoms with E-state index in [4.69, 9.17) is 0 Å². The standard InChI is InChI=1S/C14H21NO/c1-10(2)15-8-4-5-12-6-7-13(11(3)16)9-14(12)15/h6-7,9-11,16H,4-5,8H2,1-3H3. The van der Waals surface area contributed by atoms with Gasteiger partial charge < -0.3 is 10.0 Å². The van der Waals surface area contributed by atoms with Crippen LogP contribution in [-0.4, -0.2) is 17.7 Å². The molecule has 2 heteroatoms. The fourth-order valence-corrected chi connectivity index (χ4v) is 2.42. The molecule has 1 atom stereocenters. The van der Waals surface area contributed by atoms with Crippen LogP contribution in [-0.2, 0) is 6.42 Å². The first kappa shape index (κ1) is 11.5. The lowest BCUT2D eigenvalue weighted by atomic mass is 9.97. The van der Waals surface area contributed by atoms with Crippen molar-refractivity contribution in [3.8, 4) is 0 Å². The summed E-state index contributed by atoms with van der Waals surface area (Å²) in [6.07, 6.45) is 2.03. The average Bonchev–Trinajstić information content (AvgIpc) is 2.27. The lowest BCUT2D eigenvalue weighted by Gasteiger charge is -2.35. The monoisotopic (exact) mass is 219 g/mol. The fraction of sp³-hybridized carbons (Fsp3) is 0.571. The van der Waals surface area contributed by atoms with E-state index in [1.54, 1.807) is 0 Å². The smallest absolute Gasteiger partial charge is 0.0762 e. The second-order valence-electron chi connectivity index (χ2n) is 4.95. The fourth-order valence-electron chi connectivity index (χ4n) is 2.42. The maximum absolute atomic E-state index is 9.63. The molecule has 0 aromatic heterocycles. The van der Waals surface area contributed by atoms with E-state index < -0.39 is 0 Å². The van der Waals surface area contributed by atoms with Gasteiger partial charge in [0.25, 0.3) is 0 Å². The van der Waals surface area contributed by atoms with Crippen LogP contribution in [0.1, 0.15) is 44.4 Å². The summed E-state index contributed by atoms with van der Waals surface area (Å²) in [7, 11) is 0. The van der Waals surface area contributed by atoms with Gasteiger partial charge >= 0.3 is 0 Å². The van der Waals surface area contributed by atoms with Crippen LogP contribution in [0.4, 0.5) is 5.69 Å². The SMILES string of the molecule is CC(O)c1ccc2c(c1)N(C(C)C)CCC2. The third kappa shape index (κ3) is 2.07. The van der Waals surface area contributed by atoms with Crippen LogP contribution in [0.25, 0.3) is 0 Å². The van der Waals surface area contributed by atoms with Crippen molar-refractivity contribution in [2.24, 2.45) is 0 Å². The maximum Gasteiger partial charge on any atom is 0.0762 e. The molecule has 1 N–H and O–H groups in total. The molecule has 0 bridgehead atoms. The van der Waals surface area contributed by atoms with Gasteiger partial charge in [-0.05, 0) is 50.8 Å². The van der Waals surface area contributed by atoms with Crippen LogP contribution in [0.3, 0.4) is 0 Å². The third-order valence-electron chi connectivity index (χ3n) is 3.37. The first-order chi connectivity index (χ1) is 7.59. The predicted molar refractivity (Wildman–Crippen MR) is 67.9 cm³/mol. The summed E-state index contributed by atoms with van der Waals surface area (Å²) in [5.41, 5.74) is 3.76. The summed E-state index contributed by atoms with van der Waals surface area (Å²) in [4.78, 5) is 2.44. The van der Waals surface area contributed by atoms with Gasteiger partial charge in [0, 0.05) is 18.3 Å². The van der Waals surface area contributed by atoms with Crippen LogP contribution >= 0.6 is 0 Å². The number of hydrogen-bond donors (Lipinski definition) is 1. The van der Waals surface area contributed by atoms with Gasteiger partial charge in [-0.3, -0.25) is 0 Å². The van der Waals surface area contributed by atoms with E-state index >= 15 is 0 Å². The second-order valence-corrected chi connectivity index (χ2v) is 4.95. The number of aryl methyl sites for hydroxylation is 1. The van der Waals surface area contributed by atoms with E-state index in [1.807, 2.05) is 13.0 Å². The number of aliphatic hydroxyl groups excluding tert-OH is 1. The number of benzene rings is 1. The van der Waals surface area contributed by atoms with E-state index in [0.29, 0.717) is 6.04 Å². The Morgan fingerprint density at radius 2 is 2.00 bits per heavy atom. The van der Waals surface area contributed by atoms with E-state index in [0.717, 1.165) is 12.1 Å². The summed E-state index contributed by atoms with van der Waals surface area (Å²) in [6, 6.07) is 6.90. The highest BCUT2D eigenvalue weighted by Gasteiger charge is 2.19. The molecule has 1 heterocycles. The minimum atomic E-state index is -0.374. The predicted octanol–water partition coefficient (Wildman–Crippen LogP) is 2.90. The molecule has 1 aliphatic heterocycles. The summed E-state index contributed by atoms with van der Waals surface area (Å²) < 4.78 is 0. The Balaban J connectivity index is 2.40. The molecular formula is C14H21NO. The van der Waals surface area contributed by atoms with Gasteiger partial charge in [-0.25, -0.2) is 0 Å². The van der Waals surface area contributed by atoms with E-state index in [1.165, 1.54) is 24.1 Å². The van der Waals surface area contributed by atoms with Crippen molar-refractivity contribution in [1.29, 1.82) is 0 Å². The molecule has 2 nitrogen and oxygen atoms in total. The van der Waals surface area contributed by atoms with Crippen molar-refractivity contribution < 1.29 is 5.11 Å². The summed E-state index contributed by atoms with van der Waals surface area (Å²) in [5, 5.41) is 9.63. The lowest BCUT2D eigenvalue weighted by Crippen LogP contribution is -2.35. The summed E-state index contributed by atoms with van der Waals surface area (Å²) in [6.45, 7) is 7.41. The molecule has 0 radical (unpaired) electrons. The van der Waals surface area contributed by atoms with Crippen molar-refractivity contribution in [3.63, 3.8) is 0 Å². The highest BCUT2D eigenvalue weighted by molar-refractivity contribution is 5.58. The molecule has 2 rings (SSSR count). The summed E-state index contributed by atoms with van der Waals surface area (Å²) >= 11 is 0. The molecule has 1 aromatic carbocycles. The highest BCUT2D eigenvalue weighted by Crippen LogP contribution is 2.31. The minimum absolute atomic E-state index is 0.374. The molecule has 0 saturated carbocycles. The van der Waals surface area contributed by atoms with E-state index in [9.17, 15) is 5.11 Å². The Labute approximate surface area is 97.9 Å². The van der Waals surface area contributed by atoms with Crippen molar-refractivity contribution in [1.82, 2.24) is 0 Å². The third-order valence-corrected chi connectivity index (χ3v) is 3.37. The van der Waals surface area contributed by atoms with Crippen LogP contribution < -0.4 is 4.90 Å². The Hall–Kier alpha value is -1.02. The molecule has 0 saturated heterocycles. The van der Waals surface area contributed by atoms with Crippen LogP contribution in [0.5, 0.6) is 0 Å². The molecule has 0 aliphatic carbocycles. The molecule has 88 valence electrons. The van der Waals surface area contributed by atoms with Gasteiger partial charge in [-0.1, -0.05) is 12.1 Å². The molecule has 0 fully saturated rings. The van der Waals surface area contributed by atoms with Gasteiger partial charge in [-0.2, -0.15) is 0 Å². The van der Waals surface area contributed by atoms with Crippen molar-refractivity contribution in [3.05, 3.63) is 29.3 Å². The first-order valence-electron chi connectivity index (χ1n) is 6.17.